The SMILES string of the molecule is CCNCCn1cc(S(=O)(=O)NC(CC)C(C)C)cn1. The van der Waals surface area contributed by atoms with E-state index in [0.717, 1.165) is 19.5 Å². The van der Waals surface area contributed by atoms with Gasteiger partial charge in [-0.05, 0) is 18.9 Å². The lowest BCUT2D eigenvalue weighted by atomic mass is 10.0. The second kappa shape index (κ2) is 7.75. The van der Waals surface area contributed by atoms with Crippen LogP contribution < -0.4 is 10.0 Å². The molecule has 20 heavy (non-hydrogen) atoms. The largest absolute Gasteiger partial charge is 0.315 e. The highest BCUT2D eigenvalue weighted by atomic mass is 32.2. The van der Waals surface area contributed by atoms with Crippen molar-refractivity contribution >= 4 is 10.0 Å². The van der Waals surface area contributed by atoms with E-state index in [4.69, 9.17) is 0 Å². The van der Waals surface area contributed by atoms with Crippen molar-refractivity contribution in [3.8, 4) is 0 Å². The van der Waals surface area contributed by atoms with Crippen LogP contribution in [0.15, 0.2) is 17.3 Å². The van der Waals surface area contributed by atoms with E-state index in [1.807, 2.05) is 27.7 Å². The van der Waals surface area contributed by atoms with E-state index in [9.17, 15) is 8.42 Å². The Labute approximate surface area is 122 Å². The van der Waals surface area contributed by atoms with Gasteiger partial charge in [-0.25, -0.2) is 13.1 Å². The molecule has 1 rings (SSSR count). The van der Waals surface area contributed by atoms with E-state index < -0.39 is 10.0 Å². The molecule has 0 saturated carbocycles. The first-order valence-corrected chi connectivity index (χ1v) is 8.64. The topological polar surface area (TPSA) is 76.0 Å². The van der Waals surface area contributed by atoms with E-state index in [-0.39, 0.29) is 16.9 Å². The molecule has 6 nitrogen and oxygen atoms in total. The van der Waals surface area contributed by atoms with Gasteiger partial charge in [0.2, 0.25) is 10.0 Å². The standard InChI is InChI=1S/C13H26N4O2S/c1-5-13(11(3)4)16-20(18,19)12-9-15-17(10-12)8-7-14-6-2/h9-11,13-14,16H,5-8H2,1-4H3. The van der Waals surface area contributed by atoms with Gasteiger partial charge in [0.25, 0.3) is 0 Å². The van der Waals surface area contributed by atoms with Crippen molar-refractivity contribution in [3.63, 3.8) is 0 Å². The van der Waals surface area contributed by atoms with Gasteiger partial charge >= 0.3 is 0 Å². The highest BCUT2D eigenvalue weighted by Gasteiger charge is 2.22. The van der Waals surface area contributed by atoms with Crippen molar-refractivity contribution in [2.24, 2.45) is 5.92 Å². The van der Waals surface area contributed by atoms with Gasteiger partial charge in [0.05, 0.1) is 12.7 Å². The minimum Gasteiger partial charge on any atom is -0.315 e. The monoisotopic (exact) mass is 302 g/mol. The van der Waals surface area contributed by atoms with Crippen LogP contribution >= 0.6 is 0 Å². The molecule has 1 atom stereocenters. The molecule has 1 heterocycles. The van der Waals surface area contributed by atoms with Crippen LogP contribution in [0.25, 0.3) is 0 Å². The number of rotatable bonds is 9. The number of nitrogens with one attached hydrogen (secondary N) is 2. The lowest BCUT2D eigenvalue weighted by Gasteiger charge is -2.19. The molecule has 0 bridgehead atoms. The molecule has 0 aliphatic rings. The molecule has 1 unspecified atom stereocenters. The minimum absolute atomic E-state index is 0.0508. The fourth-order valence-electron chi connectivity index (χ4n) is 1.93. The Kier molecular flexibility index (Phi) is 6.64. The quantitative estimate of drug-likeness (QED) is 0.672. The zero-order valence-electron chi connectivity index (χ0n) is 12.8. The fourth-order valence-corrected chi connectivity index (χ4v) is 3.35. The summed E-state index contributed by atoms with van der Waals surface area (Å²) in [5, 5.41) is 7.26. The number of sulfonamides is 1. The summed E-state index contributed by atoms with van der Waals surface area (Å²) in [6.07, 6.45) is 3.75. The smallest absolute Gasteiger partial charge is 0.243 e. The molecule has 0 radical (unpaired) electrons. The number of aromatic nitrogens is 2. The number of hydrogen-bond acceptors (Lipinski definition) is 4. The van der Waals surface area contributed by atoms with Crippen molar-refractivity contribution in [2.75, 3.05) is 13.1 Å². The van der Waals surface area contributed by atoms with Crippen LogP contribution in [0, 0.1) is 5.92 Å². The zero-order valence-corrected chi connectivity index (χ0v) is 13.6. The second-order valence-corrected chi connectivity index (χ2v) is 6.89. The van der Waals surface area contributed by atoms with Crippen LogP contribution in [0.3, 0.4) is 0 Å². The third kappa shape index (κ3) is 4.88. The molecule has 1 aromatic rings. The summed E-state index contributed by atoms with van der Waals surface area (Å²) >= 11 is 0. The summed E-state index contributed by atoms with van der Waals surface area (Å²) in [5.41, 5.74) is 0. The van der Waals surface area contributed by atoms with Crippen LogP contribution in [0.2, 0.25) is 0 Å². The maximum absolute atomic E-state index is 12.3. The first kappa shape index (κ1) is 17.1. The van der Waals surface area contributed by atoms with Gasteiger partial charge in [0, 0.05) is 18.8 Å². The Morgan fingerprint density at radius 3 is 2.60 bits per heavy atom. The van der Waals surface area contributed by atoms with Gasteiger partial charge in [-0.3, -0.25) is 4.68 Å². The molecule has 0 amide bonds. The Balaban J connectivity index is 2.72. The highest BCUT2D eigenvalue weighted by molar-refractivity contribution is 7.89. The van der Waals surface area contributed by atoms with Crippen molar-refractivity contribution in [3.05, 3.63) is 12.4 Å². The molecular weight excluding hydrogens is 276 g/mol. The van der Waals surface area contributed by atoms with Crippen molar-refractivity contribution < 1.29 is 8.42 Å². The molecule has 0 aliphatic heterocycles. The van der Waals surface area contributed by atoms with Crippen molar-refractivity contribution in [1.82, 2.24) is 19.8 Å². The van der Waals surface area contributed by atoms with E-state index in [1.165, 1.54) is 6.20 Å². The first-order chi connectivity index (χ1) is 9.40. The van der Waals surface area contributed by atoms with Gasteiger partial charge in [-0.2, -0.15) is 5.10 Å². The lowest BCUT2D eigenvalue weighted by Crippen LogP contribution is -2.37. The lowest BCUT2D eigenvalue weighted by molar-refractivity contribution is 0.437. The number of nitrogens with zero attached hydrogens (tertiary/aromatic N) is 2. The maximum atomic E-state index is 12.3. The summed E-state index contributed by atoms with van der Waals surface area (Å²) in [6.45, 7) is 10.3. The Bertz CT molecular complexity index is 496. The minimum atomic E-state index is -3.48. The fraction of sp³-hybridized carbons (Fsp3) is 0.769. The van der Waals surface area contributed by atoms with E-state index in [2.05, 4.69) is 15.1 Å². The molecule has 0 spiro atoms. The zero-order chi connectivity index (χ0) is 15.2. The molecule has 2 N–H and O–H groups in total. The van der Waals surface area contributed by atoms with Crippen LogP contribution in [0.1, 0.15) is 34.1 Å². The molecule has 1 aromatic heterocycles. The van der Waals surface area contributed by atoms with E-state index in [1.54, 1.807) is 10.9 Å². The van der Waals surface area contributed by atoms with Gasteiger partial charge in [-0.15, -0.1) is 0 Å². The Morgan fingerprint density at radius 2 is 2.05 bits per heavy atom. The second-order valence-electron chi connectivity index (χ2n) is 5.17. The molecule has 7 heteroatoms. The molecule has 116 valence electrons. The average molecular weight is 302 g/mol. The molecular formula is C13H26N4O2S. The summed E-state index contributed by atoms with van der Waals surface area (Å²) in [7, 11) is -3.48. The van der Waals surface area contributed by atoms with Crippen LogP contribution in [0.4, 0.5) is 0 Å². The molecule has 0 fully saturated rings. The third-order valence-corrected chi connectivity index (χ3v) is 4.68. The van der Waals surface area contributed by atoms with E-state index in [0.29, 0.717) is 6.54 Å². The van der Waals surface area contributed by atoms with Crippen LogP contribution in [-0.4, -0.2) is 37.3 Å². The number of likely N-dealkylation sites (N-methyl/N-ethyl adjacent to an activating group) is 1. The Morgan fingerprint density at radius 1 is 1.35 bits per heavy atom. The molecule has 0 aliphatic carbocycles. The van der Waals surface area contributed by atoms with Gasteiger partial charge in [-0.1, -0.05) is 27.7 Å². The summed E-state index contributed by atoms with van der Waals surface area (Å²) in [6, 6.07) is -0.0508. The van der Waals surface area contributed by atoms with Gasteiger partial charge < -0.3 is 5.32 Å². The van der Waals surface area contributed by atoms with Gasteiger partial charge in [0.15, 0.2) is 0 Å². The predicted octanol–water partition coefficient (Wildman–Crippen LogP) is 1.21. The van der Waals surface area contributed by atoms with Gasteiger partial charge in [0.1, 0.15) is 4.90 Å². The summed E-state index contributed by atoms with van der Waals surface area (Å²) in [4.78, 5) is 0.230. The average Bonchev–Trinajstić information content (AvgIpc) is 2.85. The van der Waals surface area contributed by atoms with Crippen LogP contribution in [-0.2, 0) is 16.6 Å². The summed E-state index contributed by atoms with van der Waals surface area (Å²) in [5.74, 6) is 0.263. The molecule has 0 saturated heterocycles. The first-order valence-electron chi connectivity index (χ1n) is 7.16. The van der Waals surface area contributed by atoms with E-state index >= 15 is 0 Å². The summed E-state index contributed by atoms with van der Waals surface area (Å²) < 4.78 is 28.9. The normalized spacial score (nSPS) is 13.8. The van der Waals surface area contributed by atoms with Crippen LogP contribution in [0.5, 0.6) is 0 Å². The predicted molar refractivity (Wildman–Crippen MR) is 80.0 cm³/mol. The molecule has 0 aromatic carbocycles. The number of hydrogen-bond donors (Lipinski definition) is 2. The van der Waals surface area contributed by atoms with Crippen molar-refractivity contribution in [2.45, 2.75) is 51.6 Å². The Hall–Kier alpha value is -0.920. The van der Waals surface area contributed by atoms with Crippen molar-refractivity contribution in [1.29, 1.82) is 0 Å². The highest BCUT2D eigenvalue weighted by Crippen LogP contribution is 2.12. The third-order valence-electron chi connectivity index (χ3n) is 3.24. The maximum Gasteiger partial charge on any atom is 0.243 e.